The molecule has 148 valence electrons. The molecule has 2 amide bonds. The molecule has 2 aliphatic heterocycles. The van der Waals surface area contributed by atoms with Crippen LogP contribution in [0.5, 0.6) is 5.75 Å². The van der Waals surface area contributed by atoms with Gasteiger partial charge >= 0.3 is 12.1 Å². The number of benzene rings is 1. The highest BCUT2D eigenvalue weighted by molar-refractivity contribution is 5.83. The number of hydrogen-bond acceptors (Lipinski definition) is 3. The lowest BCUT2D eigenvalue weighted by atomic mass is 9.89. The summed E-state index contributed by atoms with van der Waals surface area (Å²) in [6.07, 6.45) is -3.61. The fourth-order valence-corrected chi connectivity index (χ4v) is 3.96. The Morgan fingerprint density at radius 1 is 1.15 bits per heavy atom. The molecule has 27 heavy (non-hydrogen) atoms. The average molecular weight is 384 g/mol. The quantitative estimate of drug-likeness (QED) is 0.788. The number of methoxy groups -OCH3 is 1. The largest absolute Gasteiger partial charge is 0.497 e. The van der Waals surface area contributed by atoms with Crippen molar-refractivity contribution < 1.29 is 27.5 Å². The average Bonchev–Trinajstić information content (AvgIpc) is 2.66. The predicted octanol–water partition coefficient (Wildman–Crippen LogP) is 2.94. The van der Waals surface area contributed by atoms with Crippen LogP contribution in [0.4, 0.5) is 13.2 Å². The summed E-state index contributed by atoms with van der Waals surface area (Å²) >= 11 is 0. The summed E-state index contributed by atoms with van der Waals surface area (Å²) in [5.41, 5.74) is 2.22. The van der Waals surface area contributed by atoms with E-state index in [-0.39, 0.29) is 43.8 Å². The van der Waals surface area contributed by atoms with Gasteiger partial charge in [0.1, 0.15) is 5.75 Å². The first kappa shape index (κ1) is 19.5. The maximum Gasteiger partial charge on any atom is 0.471 e. The van der Waals surface area contributed by atoms with Gasteiger partial charge in [0.05, 0.1) is 13.2 Å². The lowest BCUT2D eigenvalue weighted by Crippen LogP contribution is -2.49. The molecule has 2 aliphatic rings. The summed E-state index contributed by atoms with van der Waals surface area (Å²) in [7, 11) is 1.59. The van der Waals surface area contributed by atoms with Crippen LogP contribution in [0.15, 0.2) is 18.2 Å². The molecule has 0 aliphatic carbocycles. The Labute approximate surface area is 156 Å². The minimum atomic E-state index is -4.86. The van der Waals surface area contributed by atoms with Gasteiger partial charge in [0.25, 0.3) is 0 Å². The van der Waals surface area contributed by atoms with Gasteiger partial charge < -0.3 is 14.5 Å². The molecule has 1 aromatic carbocycles. The van der Waals surface area contributed by atoms with E-state index < -0.39 is 12.1 Å². The number of carbonyl (C=O) groups excluding carboxylic acids is 2. The number of ether oxygens (including phenoxy) is 1. The summed E-state index contributed by atoms with van der Waals surface area (Å²) < 4.78 is 42.9. The second-order valence-electron chi connectivity index (χ2n) is 7.09. The SMILES string of the molecule is COc1ccc2c(c1)C(C)N(C(=O)C1CCN(C(=O)C(F)(F)F)CC1)CC2. The number of piperidine rings is 1. The third-order valence-electron chi connectivity index (χ3n) is 5.55. The summed E-state index contributed by atoms with van der Waals surface area (Å²) in [6.45, 7) is 2.46. The molecule has 5 nitrogen and oxygen atoms in total. The highest BCUT2D eigenvalue weighted by Gasteiger charge is 2.44. The Kier molecular flexibility index (Phi) is 5.35. The fourth-order valence-electron chi connectivity index (χ4n) is 3.96. The van der Waals surface area contributed by atoms with E-state index >= 15 is 0 Å². The Bertz CT molecular complexity index is 727. The first-order valence-corrected chi connectivity index (χ1v) is 9.05. The number of carbonyl (C=O) groups is 2. The number of amides is 2. The first-order valence-electron chi connectivity index (χ1n) is 9.05. The van der Waals surface area contributed by atoms with Gasteiger partial charge in [-0.3, -0.25) is 9.59 Å². The minimum Gasteiger partial charge on any atom is -0.497 e. The van der Waals surface area contributed by atoms with Crippen LogP contribution in [0.1, 0.15) is 36.9 Å². The van der Waals surface area contributed by atoms with Crippen molar-refractivity contribution in [3.05, 3.63) is 29.3 Å². The van der Waals surface area contributed by atoms with E-state index in [1.54, 1.807) is 12.0 Å². The summed E-state index contributed by atoms with van der Waals surface area (Å²) in [4.78, 5) is 26.9. The molecule has 0 N–H and O–H groups in total. The van der Waals surface area contributed by atoms with Gasteiger partial charge in [-0.15, -0.1) is 0 Å². The minimum absolute atomic E-state index is 0.0403. The normalized spacial score (nSPS) is 21.0. The molecule has 1 saturated heterocycles. The van der Waals surface area contributed by atoms with Crippen molar-refractivity contribution in [2.75, 3.05) is 26.7 Å². The van der Waals surface area contributed by atoms with Gasteiger partial charge in [-0.25, -0.2) is 0 Å². The molecule has 8 heteroatoms. The van der Waals surface area contributed by atoms with Gasteiger partial charge in [-0.1, -0.05) is 6.07 Å². The van der Waals surface area contributed by atoms with Crippen molar-refractivity contribution in [1.29, 1.82) is 0 Å². The maximum absolute atomic E-state index is 13.0. The van der Waals surface area contributed by atoms with Gasteiger partial charge in [0.15, 0.2) is 0 Å². The third-order valence-corrected chi connectivity index (χ3v) is 5.55. The van der Waals surface area contributed by atoms with E-state index in [4.69, 9.17) is 4.74 Å². The molecular formula is C19H23F3N2O3. The third kappa shape index (κ3) is 3.89. The fraction of sp³-hybridized carbons (Fsp3) is 0.579. The van der Waals surface area contributed by atoms with Crippen molar-refractivity contribution in [2.45, 2.75) is 38.4 Å². The van der Waals surface area contributed by atoms with E-state index in [0.717, 1.165) is 22.6 Å². The molecule has 0 spiro atoms. The Morgan fingerprint density at radius 3 is 2.41 bits per heavy atom. The van der Waals surface area contributed by atoms with Gasteiger partial charge in [0.2, 0.25) is 5.91 Å². The zero-order chi connectivity index (χ0) is 19.8. The van der Waals surface area contributed by atoms with Crippen LogP contribution in [-0.4, -0.2) is 54.5 Å². The van der Waals surface area contributed by atoms with Crippen molar-refractivity contribution in [1.82, 2.24) is 9.80 Å². The molecule has 0 radical (unpaired) electrons. The number of rotatable bonds is 2. The standard InChI is InChI=1S/C19H23F3N2O3/c1-12-16-11-15(27-2)4-3-13(16)7-10-24(12)17(25)14-5-8-23(9-6-14)18(26)19(20,21)22/h3-4,11-12,14H,5-10H2,1-2H3. The van der Waals surface area contributed by atoms with Crippen LogP contribution < -0.4 is 4.74 Å². The number of fused-ring (bicyclic) bond motifs is 1. The van der Waals surface area contributed by atoms with Crippen LogP contribution >= 0.6 is 0 Å². The van der Waals surface area contributed by atoms with Crippen LogP contribution in [0.25, 0.3) is 0 Å². The first-order chi connectivity index (χ1) is 12.7. The van der Waals surface area contributed by atoms with Crippen LogP contribution in [0.3, 0.4) is 0 Å². The smallest absolute Gasteiger partial charge is 0.471 e. The summed E-state index contributed by atoms with van der Waals surface area (Å²) in [5.74, 6) is -1.48. The van der Waals surface area contributed by atoms with E-state index in [9.17, 15) is 22.8 Å². The zero-order valence-corrected chi connectivity index (χ0v) is 15.4. The molecule has 0 aromatic heterocycles. The molecule has 0 saturated carbocycles. The van der Waals surface area contributed by atoms with Crippen LogP contribution in [-0.2, 0) is 16.0 Å². The molecule has 3 rings (SSSR count). The number of alkyl halides is 3. The van der Waals surface area contributed by atoms with E-state index in [1.807, 2.05) is 25.1 Å². The monoisotopic (exact) mass is 384 g/mol. The lowest BCUT2D eigenvalue weighted by molar-refractivity contribution is -0.187. The zero-order valence-electron chi connectivity index (χ0n) is 15.4. The van der Waals surface area contributed by atoms with Gasteiger partial charge in [-0.2, -0.15) is 13.2 Å². The van der Waals surface area contributed by atoms with Crippen molar-refractivity contribution in [3.8, 4) is 5.75 Å². The number of nitrogens with zero attached hydrogens (tertiary/aromatic N) is 2. The molecule has 1 fully saturated rings. The van der Waals surface area contributed by atoms with Crippen molar-refractivity contribution in [3.63, 3.8) is 0 Å². The van der Waals surface area contributed by atoms with Crippen LogP contribution in [0, 0.1) is 5.92 Å². The molecule has 1 aromatic rings. The predicted molar refractivity (Wildman–Crippen MR) is 92.2 cm³/mol. The molecular weight excluding hydrogens is 361 g/mol. The van der Waals surface area contributed by atoms with E-state index in [1.165, 1.54) is 5.56 Å². The topological polar surface area (TPSA) is 49.9 Å². The summed E-state index contributed by atoms with van der Waals surface area (Å²) in [5, 5.41) is 0. The second kappa shape index (κ2) is 7.40. The number of halogens is 3. The molecule has 1 atom stereocenters. The molecule has 2 heterocycles. The highest BCUT2D eigenvalue weighted by Crippen LogP contribution is 2.34. The van der Waals surface area contributed by atoms with E-state index in [2.05, 4.69) is 0 Å². The van der Waals surface area contributed by atoms with Gasteiger partial charge in [0, 0.05) is 25.6 Å². The highest BCUT2D eigenvalue weighted by atomic mass is 19.4. The lowest BCUT2D eigenvalue weighted by Gasteiger charge is -2.39. The van der Waals surface area contributed by atoms with Crippen LogP contribution in [0.2, 0.25) is 0 Å². The van der Waals surface area contributed by atoms with E-state index in [0.29, 0.717) is 6.54 Å². The molecule has 1 unspecified atom stereocenters. The summed E-state index contributed by atoms with van der Waals surface area (Å²) in [6, 6.07) is 5.72. The second-order valence-corrected chi connectivity index (χ2v) is 7.09. The Balaban J connectivity index is 1.66. The molecule has 0 bridgehead atoms. The van der Waals surface area contributed by atoms with Crippen molar-refractivity contribution in [2.24, 2.45) is 5.92 Å². The Hall–Kier alpha value is -2.25. The number of hydrogen-bond donors (Lipinski definition) is 0. The Morgan fingerprint density at radius 2 is 1.81 bits per heavy atom. The maximum atomic E-state index is 13.0. The van der Waals surface area contributed by atoms with Gasteiger partial charge in [-0.05, 0) is 49.4 Å². The van der Waals surface area contributed by atoms with Crippen molar-refractivity contribution >= 4 is 11.8 Å². The number of likely N-dealkylation sites (tertiary alicyclic amines) is 1.